The lowest BCUT2D eigenvalue weighted by Gasteiger charge is -2.29. The number of quaternary nitrogens is 1. The molecule has 0 heterocycles. The average Bonchev–Trinajstić information content (AvgIpc) is 2.38. The molecule has 1 rings (SSSR count). The Balaban J connectivity index is 2.47. The van der Waals surface area contributed by atoms with E-state index in [1.165, 1.54) is 5.56 Å². The Morgan fingerprint density at radius 3 is 2.35 bits per heavy atom. The van der Waals surface area contributed by atoms with Gasteiger partial charge in [-0.25, -0.2) is 4.79 Å². The summed E-state index contributed by atoms with van der Waals surface area (Å²) in [4.78, 5) is 11.3. The summed E-state index contributed by atoms with van der Waals surface area (Å²) in [5.41, 5.74) is 1.66. The van der Waals surface area contributed by atoms with E-state index in [9.17, 15) is 4.79 Å². The third kappa shape index (κ3) is 5.45. The van der Waals surface area contributed by atoms with Crippen molar-refractivity contribution in [2.75, 3.05) is 34.4 Å². The molecule has 1 aromatic carbocycles. The third-order valence-corrected chi connectivity index (χ3v) is 3.05. The summed E-state index contributed by atoms with van der Waals surface area (Å²) in [6.07, 6.45) is 0. The van der Waals surface area contributed by atoms with Gasteiger partial charge in [-0.3, -0.25) is 0 Å². The molecule has 0 radical (unpaired) electrons. The summed E-state index contributed by atoms with van der Waals surface area (Å²) >= 11 is 0. The van der Waals surface area contributed by atoms with Gasteiger partial charge in [0.15, 0.2) is 0 Å². The number of hydrogen-bond acceptors (Lipinski definition) is 3. The van der Waals surface area contributed by atoms with Crippen molar-refractivity contribution in [2.24, 2.45) is 0 Å². The molecule has 110 valence electrons. The van der Waals surface area contributed by atoms with Gasteiger partial charge in [0.25, 0.3) is 0 Å². The Morgan fingerprint density at radius 2 is 1.85 bits per heavy atom. The normalized spacial score (nSPS) is 11.0. The van der Waals surface area contributed by atoms with Gasteiger partial charge in [-0.05, 0) is 31.2 Å². The van der Waals surface area contributed by atoms with Gasteiger partial charge in [0.05, 0.1) is 21.2 Å². The van der Waals surface area contributed by atoms with Crippen LogP contribution >= 0.6 is 0 Å². The molecule has 0 unspecified atom stereocenters. The highest BCUT2D eigenvalue weighted by Gasteiger charge is 2.17. The Hall–Kier alpha value is -1.81. The lowest BCUT2D eigenvalue weighted by atomic mass is 10.2. The minimum Gasteiger partial charge on any atom is -0.497 e. The number of nitrogens with zero attached hydrogens (tertiary/aromatic N) is 1. The number of rotatable bonds is 7. The largest absolute Gasteiger partial charge is 0.497 e. The highest BCUT2D eigenvalue weighted by atomic mass is 16.5. The molecule has 0 N–H and O–H groups in total. The minimum atomic E-state index is -0.325. The predicted molar refractivity (Wildman–Crippen MR) is 79.4 cm³/mol. The van der Waals surface area contributed by atoms with Gasteiger partial charge >= 0.3 is 5.97 Å². The van der Waals surface area contributed by atoms with E-state index in [2.05, 4.69) is 32.8 Å². The van der Waals surface area contributed by atoms with E-state index in [0.717, 1.165) is 23.3 Å². The van der Waals surface area contributed by atoms with Crippen LogP contribution in [0.4, 0.5) is 0 Å². The van der Waals surface area contributed by atoms with Crippen molar-refractivity contribution in [2.45, 2.75) is 13.5 Å². The van der Waals surface area contributed by atoms with Crippen LogP contribution < -0.4 is 4.74 Å². The van der Waals surface area contributed by atoms with Crippen molar-refractivity contribution in [1.29, 1.82) is 0 Å². The van der Waals surface area contributed by atoms with Gasteiger partial charge < -0.3 is 14.0 Å². The molecule has 1 aromatic rings. The fourth-order valence-electron chi connectivity index (χ4n) is 1.81. The van der Waals surface area contributed by atoms with E-state index in [0.29, 0.717) is 12.2 Å². The molecule has 20 heavy (non-hydrogen) atoms. The molecule has 4 heteroatoms. The molecule has 0 aromatic heterocycles. The molecular formula is C16H24NO3+. The summed E-state index contributed by atoms with van der Waals surface area (Å²) in [7, 11) is 5.88. The topological polar surface area (TPSA) is 35.5 Å². The standard InChI is InChI=1S/C16H24NO3/c1-13(2)16(18)20-11-10-17(3,4)12-14-6-8-15(19-5)9-7-14/h6-9H,1,10-12H2,2-5H3/q+1. The number of benzene rings is 1. The smallest absolute Gasteiger partial charge is 0.333 e. The number of carbonyl (C=O) groups excluding carboxylic acids is 1. The van der Waals surface area contributed by atoms with Gasteiger partial charge in [-0.15, -0.1) is 0 Å². The maximum atomic E-state index is 11.3. The summed E-state index contributed by atoms with van der Waals surface area (Å²) < 4.78 is 11.0. The van der Waals surface area contributed by atoms with E-state index < -0.39 is 0 Å². The Bertz CT molecular complexity index is 463. The highest BCUT2D eigenvalue weighted by molar-refractivity contribution is 5.86. The van der Waals surface area contributed by atoms with E-state index in [-0.39, 0.29) is 5.97 Å². The number of esters is 1. The van der Waals surface area contributed by atoms with E-state index in [1.807, 2.05) is 12.1 Å². The van der Waals surface area contributed by atoms with Crippen LogP contribution in [-0.4, -0.2) is 44.8 Å². The lowest BCUT2D eigenvalue weighted by molar-refractivity contribution is -0.903. The number of ether oxygens (including phenoxy) is 2. The van der Waals surface area contributed by atoms with Crippen molar-refractivity contribution in [3.8, 4) is 5.75 Å². The molecule has 0 amide bonds. The number of carbonyl (C=O) groups is 1. The van der Waals surface area contributed by atoms with Crippen LogP contribution in [-0.2, 0) is 16.1 Å². The first-order valence-electron chi connectivity index (χ1n) is 6.61. The van der Waals surface area contributed by atoms with Gasteiger partial charge in [-0.2, -0.15) is 0 Å². The number of likely N-dealkylation sites (N-methyl/N-ethyl adjacent to an activating group) is 1. The van der Waals surface area contributed by atoms with Gasteiger partial charge in [0.1, 0.15) is 25.4 Å². The monoisotopic (exact) mass is 278 g/mol. The SMILES string of the molecule is C=C(C)C(=O)OCC[N+](C)(C)Cc1ccc(OC)cc1. The maximum absolute atomic E-state index is 11.3. The highest BCUT2D eigenvalue weighted by Crippen LogP contribution is 2.14. The van der Waals surface area contributed by atoms with Crippen molar-refractivity contribution in [3.63, 3.8) is 0 Å². The molecule has 0 spiro atoms. The molecular weight excluding hydrogens is 254 g/mol. The Labute approximate surface area is 121 Å². The van der Waals surface area contributed by atoms with Gasteiger partial charge in [0.2, 0.25) is 0 Å². The summed E-state index contributed by atoms with van der Waals surface area (Å²) in [5.74, 6) is 0.531. The van der Waals surface area contributed by atoms with Crippen LogP contribution in [0.3, 0.4) is 0 Å². The third-order valence-electron chi connectivity index (χ3n) is 3.05. The second kappa shape index (κ2) is 7.10. The molecule has 0 fully saturated rings. The van der Waals surface area contributed by atoms with Crippen LogP contribution in [0.2, 0.25) is 0 Å². The Morgan fingerprint density at radius 1 is 1.25 bits per heavy atom. The Kier molecular flexibility index (Phi) is 5.77. The maximum Gasteiger partial charge on any atom is 0.333 e. The fraction of sp³-hybridized carbons (Fsp3) is 0.438. The summed E-state index contributed by atoms with van der Waals surface area (Å²) in [5, 5.41) is 0. The molecule has 0 saturated carbocycles. The second-order valence-electron chi connectivity index (χ2n) is 5.58. The molecule has 0 bridgehead atoms. The van der Waals surface area contributed by atoms with Crippen LogP contribution in [0.25, 0.3) is 0 Å². The molecule has 0 saturated heterocycles. The van der Waals surface area contributed by atoms with Gasteiger partial charge in [0, 0.05) is 11.1 Å². The first-order valence-corrected chi connectivity index (χ1v) is 6.61. The van der Waals surface area contributed by atoms with Crippen LogP contribution in [0.15, 0.2) is 36.4 Å². The number of hydrogen-bond donors (Lipinski definition) is 0. The van der Waals surface area contributed by atoms with Crippen molar-refractivity contribution >= 4 is 5.97 Å². The average molecular weight is 278 g/mol. The fourth-order valence-corrected chi connectivity index (χ4v) is 1.81. The van der Waals surface area contributed by atoms with Crippen LogP contribution in [0, 0.1) is 0 Å². The molecule has 0 atom stereocenters. The zero-order valence-electron chi connectivity index (χ0n) is 12.8. The lowest BCUT2D eigenvalue weighted by Crippen LogP contribution is -2.41. The molecule has 0 aliphatic carbocycles. The summed E-state index contributed by atoms with van der Waals surface area (Å²) in [6, 6.07) is 8.02. The van der Waals surface area contributed by atoms with Crippen molar-refractivity contribution < 1.29 is 18.8 Å². The van der Waals surface area contributed by atoms with E-state index in [1.54, 1.807) is 14.0 Å². The van der Waals surface area contributed by atoms with Gasteiger partial charge in [-0.1, -0.05) is 6.58 Å². The quantitative estimate of drug-likeness (QED) is 0.436. The van der Waals surface area contributed by atoms with E-state index in [4.69, 9.17) is 9.47 Å². The van der Waals surface area contributed by atoms with Crippen LogP contribution in [0.1, 0.15) is 12.5 Å². The van der Waals surface area contributed by atoms with E-state index >= 15 is 0 Å². The molecule has 0 aliphatic rings. The number of methoxy groups -OCH3 is 1. The summed E-state index contributed by atoms with van der Waals surface area (Å²) in [6.45, 7) is 7.24. The first kappa shape index (κ1) is 16.2. The predicted octanol–water partition coefficient (Wildman–Crippen LogP) is 2.39. The van der Waals surface area contributed by atoms with Crippen molar-refractivity contribution in [3.05, 3.63) is 42.0 Å². The zero-order chi connectivity index (χ0) is 15.2. The van der Waals surface area contributed by atoms with Crippen molar-refractivity contribution in [1.82, 2.24) is 0 Å². The first-order chi connectivity index (χ1) is 9.34. The molecule has 0 aliphatic heterocycles. The second-order valence-corrected chi connectivity index (χ2v) is 5.58. The zero-order valence-corrected chi connectivity index (χ0v) is 12.8. The minimum absolute atomic E-state index is 0.325. The van der Waals surface area contributed by atoms with Crippen LogP contribution in [0.5, 0.6) is 5.75 Å². The molecule has 4 nitrogen and oxygen atoms in total.